The van der Waals surface area contributed by atoms with E-state index in [0.717, 1.165) is 38.0 Å². The van der Waals surface area contributed by atoms with E-state index in [4.69, 9.17) is 0 Å². The van der Waals surface area contributed by atoms with Gasteiger partial charge in [-0.15, -0.1) is 0 Å². The van der Waals surface area contributed by atoms with E-state index in [1.54, 1.807) is 4.90 Å². The van der Waals surface area contributed by atoms with E-state index in [-0.39, 0.29) is 5.91 Å². The van der Waals surface area contributed by atoms with Crippen molar-refractivity contribution in [1.29, 1.82) is 0 Å². The van der Waals surface area contributed by atoms with E-state index in [1.165, 1.54) is 5.56 Å². The van der Waals surface area contributed by atoms with E-state index in [0.29, 0.717) is 19.5 Å². The zero-order valence-corrected chi connectivity index (χ0v) is 16.8. The van der Waals surface area contributed by atoms with Crippen molar-refractivity contribution in [1.82, 2.24) is 9.80 Å². The van der Waals surface area contributed by atoms with Crippen molar-refractivity contribution in [2.75, 3.05) is 26.2 Å². The van der Waals surface area contributed by atoms with Crippen molar-refractivity contribution in [3.05, 3.63) is 71.8 Å². The zero-order valence-electron chi connectivity index (χ0n) is 16.8. The van der Waals surface area contributed by atoms with Gasteiger partial charge in [-0.3, -0.25) is 9.69 Å². The molecule has 2 heterocycles. The lowest BCUT2D eigenvalue weighted by Gasteiger charge is -2.45. The first kappa shape index (κ1) is 20.1. The van der Waals surface area contributed by atoms with Crippen LogP contribution in [0.2, 0.25) is 0 Å². The molecular formula is C24H30N2O3. The van der Waals surface area contributed by atoms with Crippen LogP contribution in [0.15, 0.2) is 60.7 Å². The number of β-amino-alcohol motifs (C(OH)–C–C–N with tert-alkyl or cyclic N) is 2. The molecular weight excluding hydrogens is 364 g/mol. The highest BCUT2D eigenvalue weighted by atomic mass is 16.3. The summed E-state index contributed by atoms with van der Waals surface area (Å²) in [6.45, 7) is 3.18. The summed E-state index contributed by atoms with van der Waals surface area (Å²) in [5.41, 5.74) is 1.73. The maximum Gasteiger partial charge on any atom is 0.233 e. The molecule has 29 heavy (non-hydrogen) atoms. The van der Waals surface area contributed by atoms with Crippen molar-refractivity contribution < 1.29 is 15.0 Å². The number of carbonyl (C=O) groups is 1. The van der Waals surface area contributed by atoms with Crippen LogP contribution in [0.4, 0.5) is 0 Å². The molecule has 0 bridgehead atoms. The molecule has 2 N–H and O–H groups in total. The van der Waals surface area contributed by atoms with Gasteiger partial charge in [-0.25, -0.2) is 0 Å². The smallest absolute Gasteiger partial charge is 0.233 e. The number of aliphatic hydroxyl groups is 2. The summed E-state index contributed by atoms with van der Waals surface area (Å²) in [5.74, 6) is 0.0425. The maximum atomic E-state index is 13.7. The van der Waals surface area contributed by atoms with Gasteiger partial charge in [0.05, 0.1) is 17.6 Å². The lowest BCUT2D eigenvalue weighted by Crippen LogP contribution is -2.57. The minimum Gasteiger partial charge on any atom is -0.391 e. The van der Waals surface area contributed by atoms with Gasteiger partial charge in [0.1, 0.15) is 0 Å². The molecule has 2 fully saturated rings. The Balaban J connectivity index is 1.54. The van der Waals surface area contributed by atoms with Crippen LogP contribution < -0.4 is 0 Å². The van der Waals surface area contributed by atoms with Gasteiger partial charge in [0.25, 0.3) is 0 Å². The number of hydrogen-bond donors (Lipinski definition) is 2. The Kier molecular flexibility index (Phi) is 5.99. The first-order valence-electron chi connectivity index (χ1n) is 10.5. The summed E-state index contributed by atoms with van der Waals surface area (Å²) in [5, 5.41) is 20.2. The van der Waals surface area contributed by atoms with Gasteiger partial charge in [0.2, 0.25) is 5.91 Å². The molecule has 2 aliphatic rings. The second kappa shape index (κ2) is 8.66. The standard InChI is InChI=1S/C24H30N2O3/c27-21-15-22(28)18-26(17-21)23(29)24(20-9-5-2-6-10-20)11-13-25(14-12-24)16-19-7-3-1-4-8-19/h1-10,21-22,27-28H,11-18H2/t21-,22-/m1/s1. The Morgan fingerprint density at radius 2 is 1.45 bits per heavy atom. The van der Waals surface area contributed by atoms with Gasteiger partial charge < -0.3 is 15.1 Å². The SMILES string of the molecule is O=C(N1C[C@H](O)C[C@@H](O)C1)C1(c2ccccc2)CCN(Cc2ccccc2)CC1. The lowest BCUT2D eigenvalue weighted by molar-refractivity contribution is -0.146. The lowest BCUT2D eigenvalue weighted by atomic mass is 9.71. The molecule has 0 spiro atoms. The molecule has 0 aromatic heterocycles. The highest BCUT2D eigenvalue weighted by molar-refractivity contribution is 5.88. The molecule has 0 saturated carbocycles. The number of benzene rings is 2. The Morgan fingerprint density at radius 3 is 2.03 bits per heavy atom. The van der Waals surface area contributed by atoms with Crippen molar-refractivity contribution >= 4 is 5.91 Å². The molecule has 2 saturated heterocycles. The summed E-state index contributed by atoms with van der Waals surface area (Å²) < 4.78 is 0. The fourth-order valence-corrected chi connectivity index (χ4v) is 4.83. The van der Waals surface area contributed by atoms with Crippen LogP contribution in [-0.2, 0) is 16.8 Å². The molecule has 5 nitrogen and oxygen atoms in total. The van der Waals surface area contributed by atoms with Crippen molar-refractivity contribution in [3.8, 4) is 0 Å². The van der Waals surface area contributed by atoms with Crippen LogP contribution in [0.25, 0.3) is 0 Å². The van der Waals surface area contributed by atoms with Crippen LogP contribution in [0, 0.1) is 0 Å². The van der Waals surface area contributed by atoms with Gasteiger partial charge in [-0.1, -0.05) is 60.7 Å². The number of likely N-dealkylation sites (tertiary alicyclic amines) is 2. The van der Waals surface area contributed by atoms with Gasteiger partial charge in [-0.05, 0) is 37.1 Å². The molecule has 2 atom stereocenters. The number of carbonyl (C=O) groups excluding carboxylic acids is 1. The zero-order chi connectivity index (χ0) is 20.3. The van der Waals surface area contributed by atoms with Gasteiger partial charge in [-0.2, -0.15) is 0 Å². The van der Waals surface area contributed by atoms with Crippen LogP contribution in [0.5, 0.6) is 0 Å². The summed E-state index contributed by atoms with van der Waals surface area (Å²) >= 11 is 0. The highest BCUT2D eigenvalue weighted by Gasteiger charge is 2.46. The molecule has 0 aliphatic carbocycles. The molecule has 0 unspecified atom stereocenters. The van der Waals surface area contributed by atoms with E-state index >= 15 is 0 Å². The molecule has 0 radical (unpaired) electrons. The molecule has 2 aromatic carbocycles. The third-order valence-electron chi connectivity index (χ3n) is 6.39. The first-order chi connectivity index (χ1) is 14.1. The molecule has 154 valence electrons. The predicted octanol–water partition coefficient (Wildman–Crippen LogP) is 2.17. The number of piperidine rings is 2. The predicted molar refractivity (Wildman–Crippen MR) is 112 cm³/mol. The fraction of sp³-hybridized carbons (Fsp3) is 0.458. The normalized spacial score (nSPS) is 25.0. The van der Waals surface area contributed by atoms with Gasteiger partial charge in [0.15, 0.2) is 0 Å². The molecule has 2 aliphatic heterocycles. The summed E-state index contributed by atoms with van der Waals surface area (Å²) in [6.07, 6.45) is 0.506. The number of hydrogen-bond acceptors (Lipinski definition) is 4. The second-order valence-electron chi connectivity index (χ2n) is 8.46. The van der Waals surface area contributed by atoms with Crippen LogP contribution >= 0.6 is 0 Å². The summed E-state index contributed by atoms with van der Waals surface area (Å²) in [6, 6.07) is 20.5. The summed E-state index contributed by atoms with van der Waals surface area (Å²) in [4.78, 5) is 17.8. The Morgan fingerprint density at radius 1 is 0.897 bits per heavy atom. The van der Waals surface area contributed by atoms with Gasteiger partial charge >= 0.3 is 0 Å². The molecule has 1 amide bonds. The first-order valence-corrected chi connectivity index (χ1v) is 10.5. The molecule has 2 aromatic rings. The maximum absolute atomic E-state index is 13.7. The van der Waals surface area contributed by atoms with Crippen molar-refractivity contribution in [3.63, 3.8) is 0 Å². The quantitative estimate of drug-likeness (QED) is 0.834. The number of rotatable bonds is 4. The monoisotopic (exact) mass is 394 g/mol. The number of amides is 1. The van der Waals surface area contributed by atoms with Crippen LogP contribution in [-0.4, -0.2) is 64.3 Å². The van der Waals surface area contributed by atoms with Crippen molar-refractivity contribution in [2.24, 2.45) is 0 Å². The highest BCUT2D eigenvalue weighted by Crippen LogP contribution is 2.38. The van der Waals surface area contributed by atoms with Crippen LogP contribution in [0.3, 0.4) is 0 Å². The minimum absolute atomic E-state index is 0.0425. The number of aliphatic hydroxyl groups excluding tert-OH is 2. The third-order valence-corrected chi connectivity index (χ3v) is 6.39. The average molecular weight is 395 g/mol. The topological polar surface area (TPSA) is 64.0 Å². The minimum atomic E-state index is -0.659. The Bertz CT molecular complexity index is 793. The van der Waals surface area contributed by atoms with E-state index in [9.17, 15) is 15.0 Å². The Hall–Kier alpha value is -2.21. The summed E-state index contributed by atoms with van der Waals surface area (Å²) in [7, 11) is 0. The van der Waals surface area contributed by atoms with Crippen molar-refractivity contribution in [2.45, 2.75) is 43.4 Å². The average Bonchev–Trinajstić information content (AvgIpc) is 2.75. The van der Waals surface area contributed by atoms with E-state index in [2.05, 4.69) is 29.2 Å². The van der Waals surface area contributed by atoms with E-state index in [1.807, 2.05) is 36.4 Å². The molecule has 5 heteroatoms. The van der Waals surface area contributed by atoms with Crippen LogP contribution in [0.1, 0.15) is 30.4 Å². The number of nitrogens with zero attached hydrogens (tertiary/aromatic N) is 2. The second-order valence-corrected chi connectivity index (χ2v) is 8.46. The Labute approximate surface area is 172 Å². The molecule has 4 rings (SSSR count). The van der Waals surface area contributed by atoms with Gasteiger partial charge in [0, 0.05) is 26.1 Å². The third kappa shape index (κ3) is 4.37. The van der Waals surface area contributed by atoms with E-state index < -0.39 is 17.6 Å². The largest absolute Gasteiger partial charge is 0.391 e. The fourth-order valence-electron chi connectivity index (χ4n) is 4.83.